The van der Waals surface area contributed by atoms with Crippen molar-refractivity contribution in [3.05, 3.63) is 54.6 Å². The number of nitrogens with one attached hydrogen (secondary N) is 1. The van der Waals surface area contributed by atoms with Crippen LogP contribution < -0.4 is 5.32 Å². The number of hydrogen-bond donors (Lipinski definition) is 1. The maximum absolute atomic E-state index is 13.2. The first-order chi connectivity index (χ1) is 12.6. The predicted octanol–water partition coefficient (Wildman–Crippen LogP) is 3.04. The molecule has 3 aromatic rings. The lowest BCUT2D eigenvalue weighted by atomic mass is 10.0. The van der Waals surface area contributed by atoms with Gasteiger partial charge in [0.05, 0.1) is 12.2 Å². The molecule has 2 aromatic heterocycles. The Balaban J connectivity index is 2.04. The summed E-state index contributed by atoms with van der Waals surface area (Å²) in [6.45, 7) is 1.66. The van der Waals surface area contributed by atoms with E-state index in [0.29, 0.717) is 22.4 Å². The van der Waals surface area contributed by atoms with Crippen LogP contribution in [0.5, 0.6) is 0 Å². The van der Waals surface area contributed by atoms with Gasteiger partial charge < -0.3 is 9.26 Å². The third-order valence-electron chi connectivity index (χ3n) is 3.47. The Labute approximate surface area is 147 Å². The fourth-order valence-corrected chi connectivity index (χ4v) is 2.32. The first-order valence-corrected chi connectivity index (χ1v) is 7.74. The molecule has 0 saturated heterocycles. The average Bonchev–Trinajstić information content (AvgIpc) is 3.06. The molecule has 26 heavy (non-hydrogen) atoms. The molecule has 2 heterocycles. The van der Waals surface area contributed by atoms with Gasteiger partial charge in [0.25, 0.3) is 0 Å². The lowest BCUT2D eigenvalue weighted by molar-refractivity contribution is -0.152. The minimum atomic E-state index is -1.03. The van der Waals surface area contributed by atoms with Crippen LogP contribution in [0.3, 0.4) is 0 Å². The Hall–Kier alpha value is -3.55. The van der Waals surface area contributed by atoms with E-state index >= 15 is 0 Å². The van der Waals surface area contributed by atoms with Crippen molar-refractivity contribution < 1.29 is 23.2 Å². The molecule has 1 aromatic carbocycles. The van der Waals surface area contributed by atoms with E-state index in [-0.39, 0.29) is 12.5 Å². The Bertz CT molecular complexity index is 923. The van der Waals surface area contributed by atoms with Crippen LogP contribution in [-0.4, -0.2) is 28.6 Å². The highest BCUT2D eigenvalue weighted by Gasteiger charge is 2.24. The lowest BCUT2D eigenvalue weighted by Crippen LogP contribution is -2.25. The summed E-state index contributed by atoms with van der Waals surface area (Å²) < 4.78 is 23.1. The van der Waals surface area contributed by atoms with Gasteiger partial charge in [-0.25, -0.2) is 9.18 Å². The normalized spacial score (nSPS) is 10.4. The average molecular weight is 355 g/mol. The number of nitrogens with zero attached hydrogens (tertiary/aromatic N) is 2. The van der Waals surface area contributed by atoms with Crippen LogP contribution in [0.1, 0.15) is 6.92 Å². The first kappa shape index (κ1) is 17.3. The Morgan fingerprint density at radius 2 is 1.81 bits per heavy atom. The maximum atomic E-state index is 13.2. The number of carbonyl (C=O) groups is 2. The van der Waals surface area contributed by atoms with Crippen LogP contribution in [0, 0.1) is 5.82 Å². The zero-order chi connectivity index (χ0) is 18.5. The van der Waals surface area contributed by atoms with E-state index in [1.807, 2.05) is 0 Å². The van der Waals surface area contributed by atoms with Crippen molar-refractivity contribution in [2.45, 2.75) is 6.92 Å². The second-order valence-electron chi connectivity index (χ2n) is 5.15. The van der Waals surface area contributed by atoms with Crippen molar-refractivity contribution in [3.63, 3.8) is 0 Å². The van der Waals surface area contributed by atoms with E-state index in [2.05, 4.69) is 20.2 Å². The Morgan fingerprint density at radius 3 is 2.46 bits per heavy atom. The van der Waals surface area contributed by atoms with E-state index < -0.39 is 17.7 Å². The largest absolute Gasteiger partial charge is 0.459 e. The standard InChI is InChI=1S/C18H14FN3O4/c1-2-25-18(24)16(23)21-17-14(11-7-9-20-10-8-11)15(22-26-17)12-3-5-13(19)6-4-12/h3-10H,2H2,1H3,(H,21,23). The van der Waals surface area contributed by atoms with Crippen molar-refractivity contribution >= 4 is 17.8 Å². The fraction of sp³-hybridized carbons (Fsp3) is 0.111. The molecule has 0 aliphatic carbocycles. The number of aromatic nitrogens is 2. The summed E-state index contributed by atoms with van der Waals surface area (Å²) in [5, 5.41) is 6.32. The van der Waals surface area contributed by atoms with Gasteiger partial charge in [-0.05, 0) is 48.9 Å². The molecule has 0 unspecified atom stereocenters. The highest BCUT2D eigenvalue weighted by molar-refractivity contribution is 6.37. The monoisotopic (exact) mass is 355 g/mol. The van der Waals surface area contributed by atoms with E-state index in [0.717, 1.165) is 0 Å². The molecule has 0 fully saturated rings. The van der Waals surface area contributed by atoms with Crippen LogP contribution in [-0.2, 0) is 14.3 Å². The van der Waals surface area contributed by atoms with Gasteiger partial charge in [0.2, 0.25) is 5.88 Å². The number of benzene rings is 1. The second-order valence-corrected chi connectivity index (χ2v) is 5.15. The molecule has 7 nitrogen and oxygen atoms in total. The van der Waals surface area contributed by atoms with Crippen molar-refractivity contribution in [2.24, 2.45) is 0 Å². The van der Waals surface area contributed by atoms with Crippen LogP contribution in [0.15, 0.2) is 53.3 Å². The summed E-state index contributed by atoms with van der Waals surface area (Å²) in [5.74, 6) is -2.43. The number of pyridine rings is 1. The molecular formula is C18H14FN3O4. The third kappa shape index (κ3) is 3.59. The number of halogens is 1. The highest BCUT2D eigenvalue weighted by Crippen LogP contribution is 2.37. The van der Waals surface area contributed by atoms with Gasteiger partial charge in [-0.15, -0.1) is 0 Å². The molecule has 0 radical (unpaired) electrons. The number of rotatable bonds is 4. The molecule has 8 heteroatoms. The third-order valence-corrected chi connectivity index (χ3v) is 3.47. The van der Waals surface area contributed by atoms with Crippen LogP contribution in [0.25, 0.3) is 22.4 Å². The minimum absolute atomic E-state index is 0.0198. The van der Waals surface area contributed by atoms with E-state index in [1.54, 1.807) is 31.5 Å². The van der Waals surface area contributed by atoms with Crippen molar-refractivity contribution in [2.75, 3.05) is 11.9 Å². The van der Waals surface area contributed by atoms with Gasteiger partial charge in [-0.3, -0.25) is 15.1 Å². The number of ether oxygens (including phenoxy) is 1. The Kier molecular flexibility index (Phi) is 5.02. The SMILES string of the molecule is CCOC(=O)C(=O)Nc1onc(-c2ccc(F)cc2)c1-c1ccncc1. The molecule has 0 aliphatic rings. The summed E-state index contributed by atoms with van der Waals surface area (Å²) in [4.78, 5) is 27.5. The van der Waals surface area contributed by atoms with E-state index in [9.17, 15) is 14.0 Å². The number of hydrogen-bond acceptors (Lipinski definition) is 6. The van der Waals surface area contributed by atoms with Crippen molar-refractivity contribution in [1.29, 1.82) is 0 Å². The molecule has 0 bridgehead atoms. The van der Waals surface area contributed by atoms with Crippen molar-refractivity contribution in [1.82, 2.24) is 10.1 Å². The summed E-state index contributed by atoms with van der Waals surface area (Å²) in [6, 6.07) is 9.04. The first-order valence-electron chi connectivity index (χ1n) is 7.74. The maximum Gasteiger partial charge on any atom is 0.397 e. The molecule has 0 atom stereocenters. The molecule has 1 amide bonds. The fourth-order valence-electron chi connectivity index (χ4n) is 2.32. The van der Waals surface area contributed by atoms with Crippen LogP contribution in [0.2, 0.25) is 0 Å². The Morgan fingerprint density at radius 1 is 1.12 bits per heavy atom. The predicted molar refractivity (Wildman–Crippen MR) is 90.4 cm³/mol. The second kappa shape index (κ2) is 7.56. The van der Waals surface area contributed by atoms with E-state index in [1.165, 1.54) is 24.3 Å². The van der Waals surface area contributed by atoms with Gasteiger partial charge in [0, 0.05) is 18.0 Å². The van der Waals surface area contributed by atoms with E-state index in [4.69, 9.17) is 4.52 Å². The number of carbonyl (C=O) groups excluding carboxylic acids is 2. The number of amides is 1. The lowest BCUT2D eigenvalue weighted by Gasteiger charge is -2.06. The van der Waals surface area contributed by atoms with Gasteiger partial charge in [-0.1, -0.05) is 5.16 Å². The zero-order valence-electron chi connectivity index (χ0n) is 13.7. The van der Waals surface area contributed by atoms with Crippen molar-refractivity contribution in [3.8, 4) is 22.4 Å². The molecular weight excluding hydrogens is 341 g/mol. The zero-order valence-corrected chi connectivity index (χ0v) is 13.7. The van der Waals surface area contributed by atoms with Crippen LogP contribution in [0.4, 0.5) is 10.3 Å². The summed E-state index contributed by atoms with van der Waals surface area (Å²) in [5.41, 5.74) is 2.06. The highest BCUT2D eigenvalue weighted by atomic mass is 19.1. The van der Waals surface area contributed by atoms with Gasteiger partial charge in [0.1, 0.15) is 11.5 Å². The molecule has 0 aliphatic heterocycles. The molecule has 3 rings (SSSR count). The number of esters is 1. The molecule has 0 saturated carbocycles. The van der Waals surface area contributed by atoms with Gasteiger partial charge in [-0.2, -0.15) is 0 Å². The summed E-state index contributed by atoms with van der Waals surface area (Å²) >= 11 is 0. The smallest absolute Gasteiger partial charge is 0.397 e. The summed E-state index contributed by atoms with van der Waals surface area (Å²) in [6.07, 6.45) is 3.13. The van der Waals surface area contributed by atoms with Gasteiger partial charge in [0.15, 0.2) is 0 Å². The molecule has 0 spiro atoms. The topological polar surface area (TPSA) is 94.3 Å². The molecule has 1 N–H and O–H groups in total. The summed E-state index contributed by atoms with van der Waals surface area (Å²) in [7, 11) is 0. The van der Waals surface area contributed by atoms with Gasteiger partial charge >= 0.3 is 11.9 Å². The number of anilines is 1. The molecule has 132 valence electrons. The minimum Gasteiger partial charge on any atom is -0.459 e. The quantitative estimate of drug-likeness (QED) is 0.571. The van der Waals surface area contributed by atoms with Crippen LogP contribution >= 0.6 is 0 Å².